The Labute approximate surface area is 150 Å². The van der Waals surface area contributed by atoms with Crippen LogP contribution in [0.2, 0.25) is 0 Å². The van der Waals surface area contributed by atoms with E-state index in [1.54, 1.807) is 0 Å². The van der Waals surface area contributed by atoms with Crippen molar-refractivity contribution in [1.82, 2.24) is 9.80 Å². The molecule has 2 aliphatic rings. The average Bonchev–Trinajstić information content (AvgIpc) is 2.56. The van der Waals surface area contributed by atoms with Crippen LogP contribution in [0.25, 0.3) is 0 Å². The Morgan fingerprint density at radius 1 is 1.16 bits per heavy atom. The fourth-order valence-corrected chi connectivity index (χ4v) is 3.52. The maximum absolute atomic E-state index is 12.2. The van der Waals surface area contributed by atoms with Gasteiger partial charge in [-0.2, -0.15) is 4.89 Å². The fraction of sp³-hybridized carbons (Fsp3) is 0.650. The number of nitrogens with zero attached hydrogens (tertiary/aromatic N) is 2. The summed E-state index contributed by atoms with van der Waals surface area (Å²) in [6, 6.07) is 6.37. The number of hydrogen-bond acceptors (Lipinski definition) is 4. The van der Waals surface area contributed by atoms with Gasteiger partial charge in [-0.25, -0.2) is 0 Å². The quantitative estimate of drug-likeness (QED) is 0.786. The van der Waals surface area contributed by atoms with Crippen molar-refractivity contribution in [2.45, 2.75) is 46.1 Å². The highest BCUT2D eigenvalue weighted by Crippen LogP contribution is 2.29. The number of para-hydroxylation sites is 1. The number of amides is 1. The largest absolute Gasteiger partial charge is 0.340 e. The van der Waals surface area contributed by atoms with Gasteiger partial charge in [0.25, 0.3) is 0 Å². The van der Waals surface area contributed by atoms with Crippen molar-refractivity contribution in [2.75, 3.05) is 32.8 Å². The summed E-state index contributed by atoms with van der Waals surface area (Å²) >= 11 is 0. The van der Waals surface area contributed by atoms with E-state index in [4.69, 9.17) is 9.78 Å². The number of aryl methyl sites for hydroxylation is 1. The second kappa shape index (κ2) is 8.68. The number of benzene rings is 1. The topological polar surface area (TPSA) is 42.0 Å². The molecule has 3 rings (SSSR count). The summed E-state index contributed by atoms with van der Waals surface area (Å²) in [6.07, 6.45) is 3.87. The monoisotopic (exact) mass is 346 g/mol. The number of rotatable bonds is 4. The molecule has 25 heavy (non-hydrogen) atoms. The predicted molar refractivity (Wildman–Crippen MR) is 97.3 cm³/mol. The summed E-state index contributed by atoms with van der Waals surface area (Å²) in [5, 5.41) is 0. The molecule has 1 amide bonds. The van der Waals surface area contributed by atoms with Crippen LogP contribution >= 0.6 is 0 Å². The molecule has 138 valence electrons. The molecule has 0 atom stereocenters. The van der Waals surface area contributed by atoms with Gasteiger partial charge in [-0.1, -0.05) is 32.0 Å². The predicted octanol–water partition coefficient (Wildman–Crippen LogP) is 3.02. The fourth-order valence-electron chi connectivity index (χ4n) is 3.52. The third-order valence-corrected chi connectivity index (χ3v) is 4.95. The normalized spacial score (nSPS) is 19.1. The second-order valence-electron chi connectivity index (χ2n) is 7.52. The minimum absolute atomic E-state index is 0.288. The lowest BCUT2D eigenvalue weighted by Gasteiger charge is -2.35. The SMILES string of the molecule is CC(C)CC(=O)N1CCN(Cc2cccc3c2OOCCCC3)CC1. The van der Waals surface area contributed by atoms with Crippen molar-refractivity contribution >= 4 is 5.91 Å². The second-order valence-corrected chi connectivity index (χ2v) is 7.52. The van der Waals surface area contributed by atoms with Crippen molar-refractivity contribution in [2.24, 2.45) is 5.92 Å². The molecule has 1 aromatic rings. The lowest BCUT2D eigenvalue weighted by atomic mass is 10.0. The molecule has 0 unspecified atom stereocenters. The molecule has 0 aromatic heterocycles. The van der Waals surface area contributed by atoms with Crippen molar-refractivity contribution in [3.8, 4) is 5.75 Å². The zero-order chi connectivity index (χ0) is 17.6. The first kappa shape index (κ1) is 18.2. The summed E-state index contributed by atoms with van der Waals surface area (Å²) in [4.78, 5) is 27.6. The number of fused-ring (bicyclic) bond motifs is 1. The molecule has 0 spiro atoms. The highest BCUT2D eigenvalue weighted by Gasteiger charge is 2.23. The molecular formula is C20H30N2O3. The number of hydrogen-bond donors (Lipinski definition) is 0. The lowest BCUT2D eigenvalue weighted by molar-refractivity contribution is -0.210. The Kier molecular flexibility index (Phi) is 6.32. The van der Waals surface area contributed by atoms with E-state index in [1.165, 1.54) is 11.1 Å². The standard InChI is InChI=1S/C20H30N2O3/c1-16(2)14-19(23)22-11-9-21(10-12-22)15-18-8-5-7-17-6-3-4-13-24-25-20(17)18/h5,7-8,16H,3-4,6,9-15H2,1-2H3. The van der Waals surface area contributed by atoms with Crippen LogP contribution in [0.3, 0.4) is 0 Å². The van der Waals surface area contributed by atoms with Crippen molar-refractivity contribution < 1.29 is 14.6 Å². The Bertz CT molecular complexity index is 580. The van der Waals surface area contributed by atoms with Crippen LogP contribution in [0.15, 0.2) is 18.2 Å². The first-order valence-corrected chi connectivity index (χ1v) is 9.54. The van der Waals surface area contributed by atoms with Crippen molar-refractivity contribution in [1.29, 1.82) is 0 Å². The Balaban J connectivity index is 1.59. The van der Waals surface area contributed by atoms with Crippen molar-refractivity contribution in [3.05, 3.63) is 29.3 Å². The van der Waals surface area contributed by atoms with Gasteiger partial charge >= 0.3 is 0 Å². The third-order valence-electron chi connectivity index (χ3n) is 4.95. The first-order chi connectivity index (χ1) is 12.1. The molecule has 1 aromatic carbocycles. The van der Waals surface area contributed by atoms with Crippen LogP contribution in [0.1, 0.15) is 44.2 Å². The molecule has 0 saturated carbocycles. The Morgan fingerprint density at radius 2 is 1.96 bits per heavy atom. The van der Waals surface area contributed by atoms with Gasteiger partial charge in [-0.05, 0) is 30.7 Å². The summed E-state index contributed by atoms with van der Waals surface area (Å²) in [5.41, 5.74) is 2.42. The highest BCUT2D eigenvalue weighted by atomic mass is 17.2. The van der Waals surface area contributed by atoms with Crippen LogP contribution in [0.4, 0.5) is 0 Å². The van der Waals surface area contributed by atoms with E-state index < -0.39 is 0 Å². The Morgan fingerprint density at radius 3 is 2.72 bits per heavy atom. The summed E-state index contributed by atoms with van der Waals surface area (Å²) < 4.78 is 0. The van der Waals surface area contributed by atoms with Crippen LogP contribution in [0.5, 0.6) is 5.75 Å². The molecule has 5 nitrogen and oxygen atoms in total. The van der Waals surface area contributed by atoms with Gasteiger partial charge in [0.2, 0.25) is 5.91 Å². The van der Waals surface area contributed by atoms with E-state index in [-0.39, 0.29) is 5.91 Å². The van der Waals surface area contributed by atoms with Gasteiger partial charge in [0, 0.05) is 44.7 Å². The molecule has 1 fully saturated rings. The van der Waals surface area contributed by atoms with Gasteiger partial charge in [-0.3, -0.25) is 9.69 Å². The third kappa shape index (κ3) is 4.95. The minimum Gasteiger partial charge on any atom is -0.340 e. The van der Waals surface area contributed by atoms with Crippen LogP contribution in [-0.2, 0) is 22.6 Å². The van der Waals surface area contributed by atoms with Gasteiger partial charge in [0.05, 0.1) is 6.61 Å². The zero-order valence-electron chi connectivity index (χ0n) is 15.5. The van der Waals surface area contributed by atoms with E-state index in [0.717, 1.165) is 57.7 Å². The summed E-state index contributed by atoms with van der Waals surface area (Å²) in [5.74, 6) is 1.61. The molecular weight excluding hydrogens is 316 g/mol. The summed E-state index contributed by atoms with van der Waals surface area (Å²) in [6.45, 7) is 9.15. The Hall–Kier alpha value is -1.59. The molecule has 0 N–H and O–H groups in total. The number of carbonyl (C=O) groups is 1. The highest BCUT2D eigenvalue weighted by molar-refractivity contribution is 5.76. The van der Waals surface area contributed by atoms with E-state index in [2.05, 4.69) is 36.9 Å². The molecule has 2 aliphatic heterocycles. The number of carbonyl (C=O) groups excluding carboxylic acids is 1. The van der Waals surface area contributed by atoms with Gasteiger partial charge in [-0.15, -0.1) is 0 Å². The maximum atomic E-state index is 12.2. The van der Waals surface area contributed by atoms with E-state index >= 15 is 0 Å². The minimum atomic E-state index is 0.288. The number of piperazine rings is 1. The molecule has 1 saturated heterocycles. The van der Waals surface area contributed by atoms with Crippen LogP contribution in [-0.4, -0.2) is 48.5 Å². The van der Waals surface area contributed by atoms with Crippen molar-refractivity contribution in [3.63, 3.8) is 0 Å². The average molecular weight is 346 g/mol. The van der Waals surface area contributed by atoms with E-state index in [1.807, 2.05) is 4.90 Å². The molecule has 0 aliphatic carbocycles. The maximum Gasteiger partial charge on any atom is 0.222 e. The molecule has 0 bridgehead atoms. The van der Waals surface area contributed by atoms with Crippen LogP contribution in [0, 0.1) is 5.92 Å². The van der Waals surface area contributed by atoms with E-state index in [0.29, 0.717) is 18.9 Å². The van der Waals surface area contributed by atoms with Gasteiger partial charge < -0.3 is 9.79 Å². The van der Waals surface area contributed by atoms with Gasteiger partial charge in [0.1, 0.15) is 0 Å². The molecule has 2 heterocycles. The molecule has 5 heteroatoms. The van der Waals surface area contributed by atoms with E-state index in [9.17, 15) is 4.79 Å². The molecule has 0 radical (unpaired) electrons. The lowest BCUT2D eigenvalue weighted by Crippen LogP contribution is -2.48. The van der Waals surface area contributed by atoms with Crippen LogP contribution < -0.4 is 4.89 Å². The smallest absolute Gasteiger partial charge is 0.222 e. The van der Waals surface area contributed by atoms with Gasteiger partial charge in [0.15, 0.2) is 5.75 Å². The summed E-state index contributed by atoms with van der Waals surface area (Å²) in [7, 11) is 0. The zero-order valence-corrected chi connectivity index (χ0v) is 15.5. The first-order valence-electron chi connectivity index (χ1n) is 9.54.